The highest BCUT2D eigenvalue weighted by Crippen LogP contribution is 2.39. The monoisotopic (exact) mass is 395 g/mol. The Hall–Kier alpha value is -0.840. The first-order chi connectivity index (χ1) is 9.58. The summed E-state index contributed by atoms with van der Waals surface area (Å²) in [5.41, 5.74) is 11.0. The van der Waals surface area contributed by atoms with Gasteiger partial charge in [-0.15, -0.1) is 0 Å². The summed E-state index contributed by atoms with van der Waals surface area (Å²) < 4.78 is 7.90. The summed E-state index contributed by atoms with van der Waals surface area (Å²) in [6, 6.07) is 10.1. The van der Waals surface area contributed by atoms with E-state index < -0.39 is 0 Å². The quantitative estimate of drug-likeness (QED) is 0.810. The van der Waals surface area contributed by atoms with Crippen molar-refractivity contribution in [1.29, 1.82) is 0 Å². The van der Waals surface area contributed by atoms with Crippen molar-refractivity contribution in [3.05, 3.63) is 61.5 Å². The Morgan fingerprint density at radius 1 is 1.20 bits per heavy atom. The Balaban J connectivity index is 2.11. The molecule has 0 aliphatic carbocycles. The molecule has 2 N–H and O–H groups in total. The summed E-state index contributed by atoms with van der Waals surface area (Å²) in [6.45, 7) is 2.81. The van der Waals surface area contributed by atoms with Crippen molar-refractivity contribution in [2.45, 2.75) is 19.4 Å². The van der Waals surface area contributed by atoms with Gasteiger partial charge in [0.15, 0.2) is 0 Å². The Kier molecular flexibility index (Phi) is 3.89. The highest BCUT2D eigenvalue weighted by molar-refractivity contribution is 9.10. The first-order valence-electron chi connectivity index (χ1n) is 6.53. The van der Waals surface area contributed by atoms with E-state index in [1.165, 1.54) is 11.1 Å². The molecule has 2 nitrogen and oxygen atoms in total. The minimum Gasteiger partial charge on any atom is -0.493 e. The zero-order valence-corrected chi connectivity index (χ0v) is 14.3. The fraction of sp³-hybridized carbons (Fsp3) is 0.250. The van der Waals surface area contributed by atoms with Crippen molar-refractivity contribution >= 4 is 31.9 Å². The summed E-state index contributed by atoms with van der Waals surface area (Å²) in [5.74, 6) is 0.953. The Bertz CT molecular complexity index is 670. The van der Waals surface area contributed by atoms with Gasteiger partial charge in [0, 0.05) is 20.9 Å². The normalized spacial score (nSPS) is 14.8. The third-order valence-corrected chi connectivity index (χ3v) is 5.21. The average Bonchev–Trinajstić information content (AvgIpc) is 2.88. The predicted molar refractivity (Wildman–Crippen MR) is 88.3 cm³/mol. The van der Waals surface area contributed by atoms with E-state index in [0.717, 1.165) is 38.8 Å². The number of aryl methyl sites for hydroxylation is 1. The molecule has 1 unspecified atom stereocenters. The molecule has 2 aromatic carbocycles. The van der Waals surface area contributed by atoms with Crippen LogP contribution in [0.1, 0.15) is 28.3 Å². The van der Waals surface area contributed by atoms with E-state index in [4.69, 9.17) is 10.5 Å². The van der Waals surface area contributed by atoms with Gasteiger partial charge in [0.2, 0.25) is 0 Å². The maximum absolute atomic E-state index is 6.50. The fourth-order valence-corrected chi connectivity index (χ4v) is 3.64. The maximum atomic E-state index is 6.50. The number of ether oxygens (including phenoxy) is 1. The molecule has 0 aromatic heterocycles. The summed E-state index contributed by atoms with van der Waals surface area (Å²) in [7, 11) is 0. The fourth-order valence-electron chi connectivity index (χ4n) is 2.61. The van der Waals surface area contributed by atoms with Crippen LogP contribution in [-0.4, -0.2) is 6.61 Å². The molecule has 0 radical (unpaired) electrons. The molecule has 1 aliphatic rings. The number of nitrogens with two attached hydrogens (primary N) is 1. The lowest BCUT2D eigenvalue weighted by Gasteiger charge is -2.18. The van der Waals surface area contributed by atoms with Crippen LogP contribution in [0.4, 0.5) is 0 Å². The number of benzene rings is 2. The molecular weight excluding hydrogens is 382 g/mol. The number of hydrogen-bond donors (Lipinski definition) is 1. The van der Waals surface area contributed by atoms with E-state index in [2.05, 4.69) is 63.0 Å². The van der Waals surface area contributed by atoms with Crippen molar-refractivity contribution in [3.63, 3.8) is 0 Å². The topological polar surface area (TPSA) is 35.2 Å². The van der Waals surface area contributed by atoms with Gasteiger partial charge in [-0.2, -0.15) is 0 Å². The van der Waals surface area contributed by atoms with Gasteiger partial charge in [-0.05, 0) is 35.7 Å². The van der Waals surface area contributed by atoms with Crippen LogP contribution in [0.2, 0.25) is 0 Å². The zero-order chi connectivity index (χ0) is 14.3. The van der Waals surface area contributed by atoms with E-state index in [1.807, 2.05) is 6.07 Å². The third kappa shape index (κ3) is 2.41. The molecule has 0 amide bonds. The maximum Gasteiger partial charge on any atom is 0.127 e. The SMILES string of the molecule is Cc1cccc(C(N)c2cc(Br)cc3c2OCC3)c1Br. The second-order valence-corrected chi connectivity index (χ2v) is 6.75. The molecule has 3 rings (SSSR count). The molecule has 1 heterocycles. The van der Waals surface area contributed by atoms with Gasteiger partial charge in [0.05, 0.1) is 12.6 Å². The molecule has 0 spiro atoms. The highest BCUT2D eigenvalue weighted by Gasteiger charge is 2.23. The zero-order valence-electron chi connectivity index (χ0n) is 11.1. The molecule has 0 fully saturated rings. The Morgan fingerprint density at radius 2 is 2.00 bits per heavy atom. The van der Waals surface area contributed by atoms with E-state index in [1.54, 1.807) is 0 Å². The first kappa shape index (κ1) is 14.1. The van der Waals surface area contributed by atoms with E-state index in [-0.39, 0.29) is 6.04 Å². The van der Waals surface area contributed by atoms with Crippen LogP contribution in [0, 0.1) is 6.92 Å². The van der Waals surface area contributed by atoms with Crippen LogP contribution in [0.15, 0.2) is 39.3 Å². The molecule has 1 atom stereocenters. The van der Waals surface area contributed by atoms with Gasteiger partial charge >= 0.3 is 0 Å². The second-order valence-electron chi connectivity index (χ2n) is 5.04. The van der Waals surface area contributed by atoms with E-state index >= 15 is 0 Å². The molecular formula is C16H15Br2NO. The van der Waals surface area contributed by atoms with Gasteiger partial charge in [-0.1, -0.05) is 50.1 Å². The van der Waals surface area contributed by atoms with Crippen LogP contribution in [0.3, 0.4) is 0 Å². The van der Waals surface area contributed by atoms with Gasteiger partial charge in [-0.3, -0.25) is 0 Å². The summed E-state index contributed by atoms with van der Waals surface area (Å²) in [5, 5.41) is 0. The van der Waals surface area contributed by atoms with E-state index in [9.17, 15) is 0 Å². The minimum absolute atomic E-state index is 0.200. The van der Waals surface area contributed by atoms with Crippen molar-refractivity contribution < 1.29 is 4.74 Å². The lowest BCUT2D eigenvalue weighted by Crippen LogP contribution is -2.14. The molecule has 20 heavy (non-hydrogen) atoms. The standard InChI is InChI=1S/C16H15Br2NO/c1-9-3-2-4-12(14(9)18)15(19)13-8-11(17)7-10-5-6-20-16(10)13/h2-4,7-8,15H,5-6,19H2,1H3. The Morgan fingerprint density at radius 3 is 2.80 bits per heavy atom. The minimum atomic E-state index is -0.200. The van der Waals surface area contributed by atoms with E-state index in [0.29, 0.717) is 0 Å². The highest BCUT2D eigenvalue weighted by atomic mass is 79.9. The van der Waals surface area contributed by atoms with Crippen molar-refractivity contribution in [2.75, 3.05) is 6.61 Å². The summed E-state index contributed by atoms with van der Waals surface area (Å²) in [6.07, 6.45) is 0.948. The van der Waals surface area contributed by atoms with Gasteiger partial charge in [0.25, 0.3) is 0 Å². The largest absolute Gasteiger partial charge is 0.493 e. The van der Waals surface area contributed by atoms with Crippen LogP contribution >= 0.6 is 31.9 Å². The Labute approximate surface area is 135 Å². The summed E-state index contributed by atoms with van der Waals surface area (Å²) in [4.78, 5) is 0. The van der Waals surface area contributed by atoms with Crippen molar-refractivity contribution in [2.24, 2.45) is 5.73 Å². The van der Waals surface area contributed by atoms with Crippen molar-refractivity contribution in [1.82, 2.24) is 0 Å². The third-order valence-electron chi connectivity index (χ3n) is 3.67. The predicted octanol–water partition coefficient (Wildman–Crippen LogP) is 4.50. The summed E-state index contributed by atoms with van der Waals surface area (Å²) >= 11 is 7.21. The molecule has 1 aliphatic heterocycles. The second kappa shape index (κ2) is 5.51. The molecule has 0 saturated heterocycles. The van der Waals surface area contributed by atoms with Crippen LogP contribution < -0.4 is 10.5 Å². The lowest BCUT2D eigenvalue weighted by molar-refractivity contribution is 0.352. The smallest absolute Gasteiger partial charge is 0.127 e. The van der Waals surface area contributed by atoms with Crippen molar-refractivity contribution in [3.8, 4) is 5.75 Å². The van der Waals surface area contributed by atoms with Gasteiger partial charge in [-0.25, -0.2) is 0 Å². The number of rotatable bonds is 2. The van der Waals surface area contributed by atoms with Crippen LogP contribution in [0.5, 0.6) is 5.75 Å². The first-order valence-corrected chi connectivity index (χ1v) is 8.12. The molecule has 4 heteroatoms. The van der Waals surface area contributed by atoms with Crippen LogP contribution in [0.25, 0.3) is 0 Å². The number of hydrogen-bond acceptors (Lipinski definition) is 2. The average molecular weight is 397 g/mol. The molecule has 104 valence electrons. The molecule has 0 saturated carbocycles. The molecule has 2 aromatic rings. The van der Waals surface area contributed by atoms with Gasteiger partial charge < -0.3 is 10.5 Å². The van der Waals surface area contributed by atoms with Gasteiger partial charge in [0.1, 0.15) is 5.75 Å². The lowest BCUT2D eigenvalue weighted by atomic mass is 9.95. The number of halogens is 2. The number of fused-ring (bicyclic) bond motifs is 1. The van der Waals surface area contributed by atoms with Crippen LogP contribution in [-0.2, 0) is 6.42 Å². The molecule has 0 bridgehead atoms.